The van der Waals surface area contributed by atoms with Crippen molar-refractivity contribution >= 4 is 11.6 Å². The lowest BCUT2D eigenvalue weighted by Gasteiger charge is -2.24. The van der Waals surface area contributed by atoms with Crippen molar-refractivity contribution in [3.05, 3.63) is 29.8 Å². The van der Waals surface area contributed by atoms with E-state index in [1.165, 1.54) is 30.6 Å². The minimum absolute atomic E-state index is 0.637. The summed E-state index contributed by atoms with van der Waals surface area (Å²) < 4.78 is 0. The number of hydrogen-bond donors (Lipinski definition) is 2. The van der Waals surface area contributed by atoms with E-state index in [2.05, 4.69) is 70.7 Å². The molecule has 1 aromatic carbocycles. The van der Waals surface area contributed by atoms with Crippen LogP contribution in [0.4, 0.5) is 5.69 Å². The van der Waals surface area contributed by atoms with Crippen LogP contribution in [0.2, 0.25) is 0 Å². The molecule has 1 aromatic rings. The second-order valence-corrected chi connectivity index (χ2v) is 6.29. The first-order valence-electron chi connectivity index (χ1n) is 8.59. The van der Waals surface area contributed by atoms with E-state index < -0.39 is 0 Å². The topological polar surface area (TPSA) is 42.9 Å². The van der Waals surface area contributed by atoms with Gasteiger partial charge in [-0.25, -0.2) is 0 Å². The van der Waals surface area contributed by atoms with Gasteiger partial charge in [-0.2, -0.15) is 0 Å². The average molecular weight is 317 g/mol. The van der Waals surface area contributed by atoms with E-state index in [-0.39, 0.29) is 0 Å². The Morgan fingerprint density at radius 3 is 2.61 bits per heavy atom. The highest BCUT2D eigenvalue weighted by molar-refractivity contribution is 5.79. The highest BCUT2D eigenvalue weighted by Gasteiger charge is 2.22. The van der Waals surface area contributed by atoms with Crippen molar-refractivity contribution in [1.82, 2.24) is 15.5 Å². The molecule has 1 aliphatic heterocycles. The SMILES string of the molecule is CCN1CCCC1CNC(=NC)NCc1ccc(N(C)C)cc1. The van der Waals surface area contributed by atoms with Crippen LogP contribution in [0.15, 0.2) is 29.3 Å². The van der Waals surface area contributed by atoms with Crippen LogP contribution in [-0.4, -0.2) is 57.7 Å². The van der Waals surface area contributed by atoms with Gasteiger partial charge >= 0.3 is 0 Å². The molecule has 1 saturated heterocycles. The molecule has 5 heteroatoms. The summed E-state index contributed by atoms with van der Waals surface area (Å²) in [5.74, 6) is 0.879. The minimum atomic E-state index is 0.637. The van der Waals surface area contributed by atoms with Gasteiger partial charge in [0.15, 0.2) is 5.96 Å². The molecule has 0 saturated carbocycles. The van der Waals surface area contributed by atoms with E-state index in [1.54, 1.807) is 0 Å². The van der Waals surface area contributed by atoms with Crippen molar-refractivity contribution in [3.63, 3.8) is 0 Å². The molecule has 0 amide bonds. The average Bonchev–Trinajstić information content (AvgIpc) is 3.03. The molecule has 5 nitrogen and oxygen atoms in total. The van der Waals surface area contributed by atoms with Crippen LogP contribution < -0.4 is 15.5 Å². The summed E-state index contributed by atoms with van der Waals surface area (Å²) in [5, 5.41) is 6.86. The summed E-state index contributed by atoms with van der Waals surface area (Å²) in [7, 11) is 5.94. The van der Waals surface area contributed by atoms with Crippen LogP contribution in [0.25, 0.3) is 0 Å². The lowest BCUT2D eigenvalue weighted by Crippen LogP contribution is -2.44. The maximum absolute atomic E-state index is 4.33. The predicted molar refractivity (Wildman–Crippen MR) is 99.2 cm³/mol. The molecular weight excluding hydrogens is 286 g/mol. The fraction of sp³-hybridized carbons (Fsp3) is 0.611. The van der Waals surface area contributed by atoms with Gasteiger partial charge in [0, 0.05) is 46.0 Å². The smallest absolute Gasteiger partial charge is 0.191 e. The molecule has 2 N–H and O–H groups in total. The van der Waals surface area contributed by atoms with E-state index in [9.17, 15) is 0 Å². The molecule has 2 rings (SSSR count). The molecule has 128 valence electrons. The van der Waals surface area contributed by atoms with Crippen LogP contribution in [0.5, 0.6) is 0 Å². The lowest BCUT2D eigenvalue weighted by molar-refractivity contribution is 0.267. The third kappa shape index (κ3) is 5.13. The van der Waals surface area contributed by atoms with Gasteiger partial charge in [-0.3, -0.25) is 9.89 Å². The van der Waals surface area contributed by atoms with Crippen LogP contribution in [0, 0.1) is 0 Å². The van der Waals surface area contributed by atoms with Crippen molar-refractivity contribution in [2.45, 2.75) is 32.4 Å². The first kappa shape index (κ1) is 17.6. The summed E-state index contributed by atoms with van der Waals surface area (Å²) in [6, 6.07) is 9.24. The Balaban J connectivity index is 1.78. The van der Waals surface area contributed by atoms with Gasteiger partial charge in [-0.15, -0.1) is 0 Å². The molecule has 1 fully saturated rings. The number of anilines is 1. The molecular formula is C18H31N5. The highest BCUT2D eigenvalue weighted by Crippen LogP contribution is 2.15. The molecule has 0 aliphatic carbocycles. The Bertz CT molecular complexity index is 495. The summed E-state index contributed by atoms with van der Waals surface area (Å²) in [6.07, 6.45) is 2.59. The Hall–Kier alpha value is -1.75. The lowest BCUT2D eigenvalue weighted by atomic mass is 10.2. The zero-order valence-corrected chi connectivity index (χ0v) is 15.0. The molecule has 0 radical (unpaired) electrons. The van der Waals surface area contributed by atoms with Crippen LogP contribution in [0.3, 0.4) is 0 Å². The zero-order valence-electron chi connectivity index (χ0n) is 15.0. The quantitative estimate of drug-likeness (QED) is 0.621. The predicted octanol–water partition coefficient (Wildman–Crippen LogP) is 1.90. The molecule has 0 spiro atoms. The van der Waals surface area contributed by atoms with Gasteiger partial charge in [0.1, 0.15) is 0 Å². The molecule has 1 heterocycles. The zero-order chi connectivity index (χ0) is 16.7. The van der Waals surface area contributed by atoms with Crippen molar-refractivity contribution < 1.29 is 0 Å². The second kappa shape index (κ2) is 8.77. The summed E-state index contributed by atoms with van der Waals surface area (Å²) in [4.78, 5) is 8.98. The fourth-order valence-corrected chi connectivity index (χ4v) is 3.08. The van der Waals surface area contributed by atoms with Crippen LogP contribution >= 0.6 is 0 Å². The number of aliphatic imine (C=N–C) groups is 1. The van der Waals surface area contributed by atoms with Crippen LogP contribution in [0.1, 0.15) is 25.3 Å². The van der Waals surface area contributed by atoms with Gasteiger partial charge in [0.2, 0.25) is 0 Å². The molecule has 1 atom stereocenters. The van der Waals surface area contributed by atoms with E-state index >= 15 is 0 Å². The maximum atomic E-state index is 4.33. The molecule has 1 aliphatic rings. The number of likely N-dealkylation sites (N-methyl/N-ethyl adjacent to an activating group) is 1. The van der Waals surface area contributed by atoms with Crippen molar-refractivity contribution in [2.75, 3.05) is 45.7 Å². The number of nitrogens with one attached hydrogen (secondary N) is 2. The monoisotopic (exact) mass is 317 g/mol. The number of guanidine groups is 1. The minimum Gasteiger partial charge on any atom is -0.378 e. The Labute approximate surface area is 140 Å². The van der Waals surface area contributed by atoms with Crippen LogP contribution in [-0.2, 0) is 6.54 Å². The number of nitrogens with zero attached hydrogens (tertiary/aromatic N) is 3. The first-order valence-corrected chi connectivity index (χ1v) is 8.59. The maximum Gasteiger partial charge on any atom is 0.191 e. The number of rotatable bonds is 6. The van der Waals surface area contributed by atoms with E-state index in [0.717, 1.165) is 25.6 Å². The van der Waals surface area contributed by atoms with Gasteiger partial charge in [-0.05, 0) is 43.6 Å². The molecule has 0 bridgehead atoms. The van der Waals surface area contributed by atoms with Gasteiger partial charge in [0.05, 0.1) is 0 Å². The normalized spacial score (nSPS) is 19.0. The summed E-state index contributed by atoms with van der Waals surface area (Å²) >= 11 is 0. The van der Waals surface area contributed by atoms with E-state index in [0.29, 0.717) is 6.04 Å². The van der Waals surface area contributed by atoms with Gasteiger partial charge < -0.3 is 15.5 Å². The Morgan fingerprint density at radius 2 is 2.00 bits per heavy atom. The molecule has 1 unspecified atom stereocenters. The second-order valence-electron chi connectivity index (χ2n) is 6.29. The third-order valence-corrected chi connectivity index (χ3v) is 4.55. The number of benzene rings is 1. The van der Waals surface area contributed by atoms with Crippen molar-refractivity contribution in [2.24, 2.45) is 4.99 Å². The summed E-state index contributed by atoms with van der Waals surface area (Å²) in [6.45, 7) is 6.36. The number of likely N-dealkylation sites (tertiary alicyclic amines) is 1. The molecule has 23 heavy (non-hydrogen) atoms. The summed E-state index contributed by atoms with van der Waals surface area (Å²) in [5.41, 5.74) is 2.48. The fourth-order valence-electron chi connectivity index (χ4n) is 3.08. The standard InChI is InChI=1S/C18H31N5/c1-5-23-12-6-7-17(23)14-21-18(19-2)20-13-15-8-10-16(11-9-15)22(3)4/h8-11,17H,5-7,12-14H2,1-4H3,(H2,19,20,21). The van der Waals surface area contributed by atoms with E-state index in [1.807, 2.05) is 7.05 Å². The van der Waals surface area contributed by atoms with Crippen molar-refractivity contribution in [1.29, 1.82) is 0 Å². The third-order valence-electron chi connectivity index (χ3n) is 4.55. The van der Waals surface area contributed by atoms with Gasteiger partial charge in [0.25, 0.3) is 0 Å². The van der Waals surface area contributed by atoms with E-state index in [4.69, 9.17) is 0 Å². The number of hydrogen-bond acceptors (Lipinski definition) is 3. The first-order chi connectivity index (χ1) is 11.1. The largest absolute Gasteiger partial charge is 0.378 e. The van der Waals surface area contributed by atoms with Gasteiger partial charge in [-0.1, -0.05) is 19.1 Å². The molecule has 0 aromatic heterocycles. The Kier molecular flexibility index (Phi) is 6.71. The van der Waals surface area contributed by atoms with Crippen molar-refractivity contribution in [3.8, 4) is 0 Å². The Morgan fingerprint density at radius 1 is 1.26 bits per heavy atom. The highest BCUT2D eigenvalue weighted by atomic mass is 15.2.